The van der Waals surface area contributed by atoms with E-state index in [1.807, 2.05) is 30.3 Å². The fraction of sp³-hybridized carbons (Fsp3) is 0.318. The highest BCUT2D eigenvalue weighted by Crippen LogP contribution is 2.40. The summed E-state index contributed by atoms with van der Waals surface area (Å²) in [5.41, 5.74) is 1.86. The van der Waals surface area contributed by atoms with Gasteiger partial charge in [0.1, 0.15) is 5.75 Å². The predicted molar refractivity (Wildman–Crippen MR) is 109 cm³/mol. The van der Waals surface area contributed by atoms with Gasteiger partial charge in [-0.2, -0.15) is 0 Å². The second-order valence-electron chi connectivity index (χ2n) is 5.96. The lowest BCUT2D eigenvalue weighted by Gasteiger charge is -2.14. The molecule has 0 radical (unpaired) electrons. The van der Waals surface area contributed by atoms with Crippen LogP contribution in [0, 0.1) is 0 Å². The van der Waals surface area contributed by atoms with Crippen molar-refractivity contribution in [3.8, 4) is 23.0 Å². The number of hydrogen-bond acceptors (Lipinski definition) is 5. The molecule has 0 saturated heterocycles. The third-order valence-corrected chi connectivity index (χ3v) is 4.26. The average Bonchev–Trinajstić information content (AvgIpc) is 2.74. The van der Waals surface area contributed by atoms with Crippen molar-refractivity contribution < 1.29 is 23.7 Å². The molecule has 0 bridgehead atoms. The standard InChI is InChI=1S/C22H27NO5/c1-25-18-10-6-5-8-16(18)9-7-15-23-20(24)14-12-17-11-13-19(26-2)22(28-4)21(17)27-3/h5-6,8,10-14H,7,9,15H2,1-4H3,(H,23,24)/b14-12+. The molecule has 0 aromatic heterocycles. The number of nitrogens with one attached hydrogen (secondary N) is 1. The summed E-state index contributed by atoms with van der Waals surface area (Å²) in [6, 6.07) is 11.5. The van der Waals surface area contributed by atoms with Crippen molar-refractivity contribution in [1.82, 2.24) is 5.32 Å². The highest BCUT2D eigenvalue weighted by molar-refractivity contribution is 5.92. The van der Waals surface area contributed by atoms with Gasteiger partial charge in [-0.1, -0.05) is 18.2 Å². The minimum absolute atomic E-state index is 0.170. The Bertz CT molecular complexity index is 817. The minimum atomic E-state index is -0.170. The third kappa shape index (κ3) is 5.42. The molecular formula is C22H27NO5. The van der Waals surface area contributed by atoms with Gasteiger partial charge in [0.25, 0.3) is 0 Å². The third-order valence-electron chi connectivity index (χ3n) is 4.26. The van der Waals surface area contributed by atoms with E-state index in [0.29, 0.717) is 23.8 Å². The first kappa shape index (κ1) is 21.2. The van der Waals surface area contributed by atoms with Crippen molar-refractivity contribution >= 4 is 12.0 Å². The molecule has 2 rings (SSSR count). The van der Waals surface area contributed by atoms with Gasteiger partial charge in [-0.25, -0.2) is 0 Å². The van der Waals surface area contributed by atoms with Gasteiger partial charge in [-0.3, -0.25) is 4.79 Å². The molecule has 0 aliphatic rings. The maximum atomic E-state index is 12.1. The summed E-state index contributed by atoms with van der Waals surface area (Å²) in [5.74, 6) is 2.27. The normalized spacial score (nSPS) is 10.6. The largest absolute Gasteiger partial charge is 0.496 e. The number of amides is 1. The van der Waals surface area contributed by atoms with Crippen molar-refractivity contribution in [3.05, 3.63) is 53.6 Å². The van der Waals surface area contributed by atoms with Crippen LogP contribution in [-0.2, 0) is 11.2 Å². The molecule has 2 aromatic carbocycles. The smallest absolute Gasteiger partial charge is 0.244 e. The fourth-order valence-electron chi connectivity index (χ4n) is 2.88. The number of aryl methyl sites for hydroxylation is 1. The van der Waals surface area contributed by atoms with Crippen LogP contribution in [0.5, 0.6) is 23.0 Å². The molecule has 6 nitrogen and oxygen atoms in total. The first-order valence-electron chi connectivity index (χ1n) is 9.01. The second-order valence-corrected chi connectivity index (χ2v) is 5.96. The quantitative estimate of drug-likeness (QED) is 0.501. The van der Waals surface area contributed by atoms with Crippen LogP contribution in [0.2, 0.25) is 0 Å². The van der Waals surface area contributed by atoms with E-state index in [0.717, 1.165) is 29.7 Å². The topological polar surface area (TPSA) is 66.0 Å². The maximum Gasteiger partial charge on any atom is 0.244 e. The van der Waals surface area contributed by atoms with Crippen molar-refractivity contribution in [2.75, 3.05) is 35.0 Å². The molecule has 150 valence electrons. The minimum Gasteiger partial charge on any atom is -0.496 e. The zero-order valence-electron chi connectivity index (χ0n) is 16.8. The molecule has 0 aliphatic carbocycles. The lowest BCUT2D eigenvalue weighted by atomic mass is 10.1. The van der Waals surface area contributed by atoms with E-state index < -0.39 is 0 Å². The van der Waals surface area contributed by atoms with Gasteiger partial charge >= 0.3 is 0 Å². The Labute approximate surface area is 166 Å². The van der Waals surface area contributed by atoms with Gasteiger partial charge in [0.15, 0.2) is 11.5 Å². The van der Waals surface area contributed by atoms with Gasteiger partial charge in [-0.05, 0) is 42.7 Å². The number of carbonyl (C=O) groups excluding carboxylic acids is 1. The first-order chi connectivity index (χ1) is 13.6. The number of methoxy groups -OCH3 is 4. The van der Waals surface area contributed by atoms with Crippen LogP contribution in [0.3, 0.4) is 0 Å². The van der Waals surface area contributed by atoms with Crippen LogP contribution in [-0.4, -0.2) is 40.9 Å². The van der Waals surface area contributed by atoms with Gasteiger partial charge in [-0.15, -0.1) is 0 Å². The summed E-state index contributed by atoms with van der Waals surface area (Å²) in [4.78, 5) is 12.1. The van der Waals surface area contributed by atoms with Crippen molar-refractivity contribution in [3.63, 3.8) is 0 Å². The molecule has 2 aromatic rings. The summed E-state index contributed by atoms with van der Waals surface area (Å²) in [5, 5.41) is 2.89. The molecule has 0 unspecified atom stereocenters. The maximum absolute atomic E-state index is 12.1. The molecule has 1 amide bonds. The summed E-state index contributed by atoms with van der Waals surface area (Å²) >= 11 is 0. The predicted octanol–water partition coefficient (Wildman–Crippen LogP) is 3.48. The molecule has 0 fully saturated rings. The number of hydrogen-bond donors (Lipinski definition) is 1. The average molecular weight is 385 g/mol. The summed E-state index contributed by atoms with van der Waals surface area (Å²) in [6.07, 6.45) is 4.82. The summed E-state index contributed by atoms with van der Waals surface area (Å²) in [6.45, 7) is 0.574. The van der Waals surface area contributed by atoms with Crippen LogP contribution < -0.4 is 24.3 Å². The molecule has 6 heteroatoms. The van der Waals surface area contributed by atoms with Crippen LogP contribution in [0.25, 0.3) is 6.08 Å². The number of ether oxygens (including phenoxy) is 4. The number of benzene rings is 2. The Kier molecular flexibility index (Phi) is 8.21. The van der Waals surface area contributed by atoms with Gasteiger partial charge in [0.2, 0.25) is 11.7 Å². The van der Waals surface area contributed by atoms with E-state index in [4.69, 9.17) is 18.9 Å². The van der Waals surface area contributed by atoms with Gasteiger partial charge in [0.05, 0.1) is 28.4 Å². The lowest BCUT2D eigenvalue weighted by molar-refractivity contribution is -0.116. The number of carbonyl (C=O) groups is 1. The van der Waals surface area contributed by atoms with E-state index in [9.17, 15) is 4.79 Å². The Morgan fingerprint density at radius 3 is 2.29 bits per heavy atom. The molecule has 28 heavy (non-hydrogen) atoms. The molecular weight excluding hydrogens is 358 g/mol. The van der Waals surface area contributed by atoms with Gasteiger partial charge < -0.3 is 24.3 Å². The highest BCUT2D eigenvalue weighted by Gasteiger charge is 2.14. The first-order valence-corrected chi connectivity index (χ1v) is 9.01. The van der Waals surface area contributed by atoms with Crippen LogP contribution in [0.4, 0.5) is 0 Å². The molecule has 0 spiro atoms. The van der Waals surface area contributed by atoms with Crippen molar-refractivity contribution in [2.45, 2.75) is 12.8 Å². The van der Waals surface area contributed by atoms with E-state index in [1.165, 1.54) is 6.08 Å². The van der Waals surface area contributed by atoms with Crippen molar-refractivity contribution in [2.24, 2.45) is 0 Å². The lowest BCUT2D eigenvalue weighted by Crippen LogP contribution is -2.22. The molecule has 0 heterocycles. The van der Waals surface area contributed by atoms with E-state index in [2.05, 4.69) is 5.32 Å². The van der Waals surface area contributed by atoms with E-state index in [-0.39, 0.29) is 5.91 Å². The SMILES string of the molecule is COc1ccccc1CCCNC(=O)/C=C/c1ccc(OC)c(OC)c1OC. The second kappa shape index (κ2) is 10.9. The van der Waals surface area contributed by atoms with Gasteiger partial charge in [0, 0.05) is 18.2 Å². The van der Waals surface area contributed by atoms with E-state index >= 15 is 0 Å². The van der Waals surface area contributed by atoms with Crippen LogP contribution in [0.1, 0.15) is 17.5 Å². The van der Waals surface area contributed by atoms with Crippen molar-refractivity contribution in [1.29, 1.82) is 0 Å². The Morgan fingerprint density at radius 1 is 0.893 bits per heavy atom. The Balaban J connectivity index is 1.91. The Hall–Kier alpha value is -3.15. The molecule has 0 aliphatic heterocycles. The van der Waals surface area contributed by atoms with E-state index in [1.54, 1.807) is 40.6 Å². The fourth-order valence-corrected chi connectivity index (χ4v) is 2.88. The summed E-state index contributed by atoms with van der Waals surface area (Å²) < 4.78 is 21.4. The van der Waals surface area contributed by atoms with Crippen LogP contribution in [0.15, 0.2) is 42.5 Å². The Morgan fingerprint density at radius 2 is 1.61 bits per heavy atom. The molecule has 0 saturated carbocycles. The zero-order valence-corrected chi connectivity index (χ0v) is 16.8. The molecule has 1 N–H and O–H groups in total. The highest BCUT2D eigenvalue weighted by atomic mass is 16.5. The van der Waals surface area contributed by atoms with Crippen LogP contribution >= 0.6 is 0 Å². The zero-order chi connectivity index (χ0) is 20.4. The molecule has 0 atom stereocenters. The monoisotopic (exact) mass is 385 g/mol. The summed E-state index contributed by atoms with van der Waals surface area (Å²) in [7, 11) is 6.31. The number of rotatable bonds is 10. The number of para-hydroxylation sites is 1.